The molecule has 0 aliphatic heterocycles. The molecule has 0 aliphatic carbocycles. The van der Waals surface area contributed by atoms with Gasteiger partial charge in [0.25, 0.3) is 0 Å². The van der Waals surface area contributed by atoms with Gasteiger partial charge in [-0.25, -0.2) is 18.1 Å². The van der Waals surface area contributed by atoms with Crippen LogP contribution in [-0.2, 0) is 23.0 Å². The summed E-state index contributed by atoms with van der Waals surface area (Å²) in [5.41, 5.74) is 2.88. The highest BCUT2D eigenvalue weighted by Gasteiger charge is 2.17. The van der Waals surface area contributed by atoms with Crippen molar-refractivity contribution in [2.24, 2.45) is 0 Å². The highest BCUT2D eigenvalue weighted by Crippen LogP contribution is 2.20. The minimum Gasteiger partial charge on any atom is -0.248 e. The second-order valence-corrected chi connectivity index (χ2v) is 8.91. The molecule has 0 bridgehead atoms. The van der Waals surface area contributed by atoms with Crippen molar-refractivity contribution in [2.75, 3.05) is 0 Å². The molecule has 0 fully saturated rings. The second-order valence-electron chi connectivity index (χ2n) is 5.98. The molecule has 2 aromatic carbocycles. The van der Waals surface area contributed by atoms with Crippen molar-refractivity contribution in [1.82, 2.24) is 9.71 Å². The van der Waals surface area contributed by atoms with E-state index in [1.54, 1.807) is 13.0 Å². The molecule has 1 aromatic heterocycles. The van der Waals surface area contributed by atoms with Crippen molar-refractivity contribution >= 4 is 21.4 Å². The van der Waals surface area contributed by atoms with Crippen LogP contribution in [0.4, 0.5) is 0 Å². The van der Waals surface area contributed by atoms with Crippen LogP contribution in [0.1, 0.15) is 26.6 Å². The van der Waals surface area contributed by atoms with E-state index in [0.29, 0.717) is 4.90 Å². The molecule has 0 saturated carbocycles. The molecule has 3 aromatic rings. The third-order valence-corrected chi connectivity index (χ3v) is 6.41. The lowest BCUT2D eigenvalue weighted by molar-refractivity contribution is 0.580. The summed E-state index contributed by atoms with van der Waals surface area (Å²) in [7, 11) is -3.54. The monoisotopic (exact) mass is 372 g/mol. The van der Waals surface area contributed by atoms with Crippen molar-refractivity contribution in [3.8, 4) is 0 Å². The van der Waals surface area contributed by atoms with Crippen molar-refractivity contribution in [3.63, 3.8) is 0 Å². The molecule has 1 heterocycles. The van der Waals surface area contributed by atoms with Crippen molar-refractivity contribution in [1.29, 1.82) is 0 Å². The Bertz CT molecular complexity index is 964. The Labute approximate surface area is 152 Å². The molecule has 25 heavy (non-hydrogen) atoms. The maximum Gasteiger partial charge on any atom is 0.241 e. The van der Waals surface area contributed by atoms with Crippen LogP contribution in [0.2, 0.25) is 0 Å². The van der Waals surface area contributed by atoms with Crippen LogP contribution in [0.25, 0.3) is 0 Å². The Morgan fingerprint density at radius 1 is 1.08 bits per heavy atom. The Morgan fingerprint density at radius 2 is 1.84 bits per heavy atom. The maximum absolute atomic E-state index is 12.5. The van der Waals surface area contributed by atoms with Crippen molar-refractivity contribution in [3.05, 3.63) is 81.3 Å². The minimum atomic E-state index is -3.54. The van der Waals surface area contributed by atoms with E-state index in [-0.39, 0.29) is 6.54 Å². The number of rotatable bonds is 6. The molecular formula is C19H20N2O2S2. The third kappa shape index (κ3) is 4.54. The van der Waals surface area contributed by atoms with Crippen LogP contribution in [0, 0.1) is 13.8 Å². The Balaban J connectivity index is 1.68. The largest absolute Gasteiger partial charge is 0.248 e. The summed E-state index contributed by atoms with van der Waals surface area (Å²) in [6.07, 6.45) is 2.63. The van der Waals surface area contributed by atoms with Gasteiger partial charge in [0.15, 0.2) is 0 Å². The molecule has 0 radical (unpaired) electrons. The molecule has 4 nitrogen and oxygen atoms in total. The number of aromatic nitrogens is 1. The van der Waals surface area contributed by atoms with Crippen molar-refractivity contribution in [2.45, 2.75) is 31.7 Å². The normalized spacial score (nSPS) is 11.6. The van der Waals surface area contributed by atoms with Gasteiger partial charge in [0.05, 0.1) is 11.4 Å². The number of nitrogens with zero attached hydrogens (tertiary/aromatic N) is 1. The molecule has 6 heteroatoms. The van der Waals surface area contributed by atoms with E-state index >= 15 is 0 Å². The zero-order chi connectivity index (χ0) is 17.9. The summed E-state index contributed by atoms with van der Waals surface area (Å²) >= 11 is 1.53. The topological polar surface area (TPSA) is 59.1 Å². The lowest BCUT2D eigenvalue weighted by Gasteiger charge is -2.09. The SMILES string of the molecule is Cc1ccc(C)c(S(=O)(=O)NCc2ncc(Cc3ccccc3)s2)c1. The Morgan fingerprint density at radius 3 is 2.60 bits per heavy atom. The summed E-state index contributed by atoms with van der Waals surface area (Å²) in [6, 6.07) is 15.6. The molecule has 0 unspecified atom stereocenters. The molecule has 0 atom stereocenters. The summed E-state index contributed by atoms with van der Waals surface area (Å²) in [4.78, 5) is 5.79. The van der Waals surface area contributed by atoms with Gasteiger partial charge in [0.1, 0.15) is 5.01 Å². The van der Waals surface area contributed by atoms with Gasteiger partial charge in [-0.15, -0.1) is 11.3 Å². The molecule has 3 rings (SSSR count). The van der Waals surface area contributed by atoms with E-state index < -0.39 is 10.0 Å². The second kappa shape index (κ2) is 7.47. The molecule has 0 aliphatic rings. The first-order valence-corrected chi connectivity index (χ1v) is 10.3. The van der Waals surface area contributed by atoms with E-state index in [2.05, 4.69) is 21.8 Å². The fourth-order valence-electron chi connectivity index (χ4n) is 2.54. The van der Waals surface area contributed by atoms with Crippen LogP contribution in [-0.4, -0.2) is 13.4 Å². The zero-order valence-corrected chi connectivity index (χ0v) is 15.8. The van der Waals surface area contributed by atoms with Crippen LogP contribution in [0.3, 0.4) is 0 Å². The average Bonchev–Trinajstić information content (AvgIpc) is 3.04. The first-order chi connectivity index (χ1) is 11.9. The Hall–Kier alpha value is -2.02. The van der Waals surface area contributed by atoms with E-state index in [1.807, 2.05) is 43.5 Å². The van der Waals surface area contributed by atoms with Gasteiger partial charge in [-0.05, 0) is 36.6 Å². The minimum absolute atomic E-state index is 0.204. The smallest absolute Gasteiger partial charge is 0.241 e. The van der Waals surface area contributed by atoms with Crippen molar-refractivity contribution < 1.29 is 8.42 Å². The molecule has 0 saturated heterocycles. The Kier molecular flexibility index (Phi) is 5.32. The first-order valence-electron chi connectivity index (χ1n) is 7.98. The van der Waals surface area contributed by atoms with Gasteiger partial charge in [-0.1, -0.05) is 42.5 Å². The molecule has 130 valence electrons. The molecule has 0 spiro atoms. The van der Waals surface area contributed by atoms with Gasteiger partial charge in [-0.3, -0.25) is 0 Å². The number of thiazole rings is 1. The number of sulfonamides is 1. The number of benzene rings is 2. The van der Waals surface area contributed by atoms with E-state index in [1.165, 1.54) is 16.9 Å². The van der Waals surface area contributed by atoms with Gasteiger partial charge in [-0.2, -0.15) is 0 Å². The fraction of sp³-hybridized carbons (Fsp3) is 0.211. The highest BCUT2D eigenvalue weighted by molar-refractivity contribution is 7.89. The van der Waals surface area contributed by atoms with Crippen LogP contribution >= 0.6 is 11.3 Å². The maximum atomic E-state index is 12.5. The summed E-state index contributed by atoms with van der Waals surface area (Å²) in [5.74, 6) is 0. The van der Waals surface area contributed by atoms with Crippen LogP contribution < -0.4 is 4.72 Å². The van der Waals surface area contributed by atoms with E-state index in [9.17, 15) is 8.42 Å². The van der Waals surface area contributed by atoms with Gasteiger partial charge >= 0.3 is 0 Å². The number of hydrogen-bond acceptors (Lipinski definition) is 4. The number of aryl methyl sites for hydroxylation is 2. The predicted octanol–water partition coefficient (Wildman–Crippen LogP) is 3.83. The van der Waals surface area contributed by atoms with Crippen LogP contribution in [0.5, 0.6) is 0 Å². The molecule has 0 amide bonds. The molecular weight excluding hydrogens is 352 g/mol. The van der Waals surface area contributed by atoms with Gasteiger partial charge in [0, 0.05) is 17.5 Å². The lowest BCUT2D eigenvalue weighted by atomic mass is 10.1. The fourth-order valence-corrected chi connectivity index (χ4v) is 4.84. The average molecular weight is 373 g/mol. The number of hydrogen-bond donors (Lipinski definition) is 1. The third-order valence-electron chi connectivity index (χ3n) is 3.87. The van der Waals surface area contributed by atoms with Gasteiger partial charge in [0.2, 0.25) is 10.0 Å². The quantitative estimate of drug-likeness (QED) is 0.715. The molecule has 1 N–H and O–H groups in total. The standard InChI is InChI=1S/C19H20N2O2S2/c1-14-8-9-15(2)18(10-14)25(22,23)21-13-19-20-12-17(24-19)11-16-6-4-3-5-7-16/h3-10,12,21H,11,13H2,1-2H3. The van der Waals surface area contributed by atoms with Crippen LogP contribution in [0.15, 0.2) is 59.6 Å². The highest BCUT2D eigenvalue weighted by atomic mass is 32.2. The number of nitrogens with one attached hydrogen (secondary N) is 1. The summed E-state index contributed by atoms with van der Waals surface area (Å²) in [5, 5.41) is 0.764. The predicted molar refractivity (Wildman–Crippen MR) is 101 cm³/mol. The summed E-state index contributed by atoms with van der Waals surface area (Å²) < 4.78 is 27.7. The van der Waals surface area contributed by atoms with E-state index in [0.717, 1.165) is 27.4 Å². The summed E-state index contributed by atoms with van der Waals surface area (Å²) in [6.45, 7) is 3.89. The first kappa shape index (κ1) is 17.8. The lowest BCUT2D eigenvalue weighted by Crippen LogP contribution is -2.24. The van der Waals surface area contributed by atoms with Gasteiger partial charge < -0.3 is 0 Å². The zero-order valence-electron chi connectivity index (χ0n) is 14.2. The van der Waals surface area contributed by atoms with E-state index in [4.69, 9.17) is 0 Å².